The Labute approximate surface area is 144 Å². The van der Waals surface area contributed by atoms with Gasteiger partial charge in [-0.1, -0.05) is 12.1 Å². The van der Waals surface area contributed by atoms with Crippen LogP contribution in [0.25, 0.3) is 10.9 Å². The number of aromatic nitrogens is 2. The standard InChI is InChI=1S/C17H21F3N4O/c18-17(19,20)16-22-14-6-2-1-5-13(14)15(23-16)21-7-3-4-8-24-9-11-25-12-10-24/h1-2,5-6H,3-4,7-12H2,(H,21,22,23). The second kappa shape index (κ2) is 7.97. The van der Waals surface area contributed by atoms with Gasteiger partial charge in [0, 0.05) is 25.0 Å². The lowest BCUT2D eigenvalue weighted by Gasteiger charge is -2.26. The van der Waals surface area contributed by atoms with Crippen molar-refractivity contribution in [3.63, 3.8) is 0 Å². The van der Waals surface area contributed by atoms with Crippen LogP contribution in [0.2, 0.25) is 0 Å². The number of unbranched alkanes of at least 4 members (excludes halogenated alkanes) is 1. The molecule has 25 heavy (non-hydrogen) atoms. The molecule has 136 valence electrons. The molecule has 1 aliphatic rings. The van der Waals surface area contributed by atoms with Gasteiger partial charge in [-0.05, 0) is 31.5 Å². The van der Waals surface area contributed by atoms with Crippen molar-refractivity contribution in [3.05, 3.63) is 30.1 Å². The van der Waals surface area contributed by atoms with Gasteiger partial charge in [0.15, 0.2) is 0 Å². The molecule has 1 fully saturated rings. The summed E-state index contributed by atoms with van der Waals surface area (Å²) in [5.41, 5.74) is 0.292. The minimum atomic E-state index is -4.56. The number of halogens is 3. The Balaban J connectivity index is 1.60. The molecule has 0 saturated carbocycles. The summed E-state index contributed by atoms with van der Waals surface area (Å²) in [6.45, 7) is 4.97. The molecule has 2 heterocycles. The number of anilines is 1. The van der Waals surface area contributed by atoms with Crippen LogP contribution in [0.1, 0.15) is 18.7 Å². The highest BCUT2D eigenvalue weighted by atomic mass is 19.4. The number of nitrogens with one attached hydrogen (secondary N) is 1. The summed E-state index contributed by atoms with van der Waals surface area (Å²) < 4.78 is 44.2. The first-order valence-electron chi connectivity index (χ1n) is 8.42. The molecule has 1 N–H and O–H groups in total. The van der Waals surface area contributed by atoms with Crippen LogP contribution in [0.4, 0.5) is 19.0 Å². The molecule has 0 spiro atoms. The van der Waals surface area contributed by atoms with Crippen LogP contribution >= 0.6 is 0 Å². The van der Waals surface area contributed by atoms with E-state index in [1.807, 2.05) is 0 Å². The molecule has 0 atom stereocenters. The smallest absolute Gasteiger partial charge is 0.379 e. The zero-order valence-corrected chi connectivity index (χ0v) is 13.9. The first-order chi connectivity index (χ1) is 12.0. The molecule has 0 aliphatic carbocycles. The fourth-order valence-electron chi connectivity index (χ4n) is 2.83. The normalized spacial score (nSPS) is 16.3. The van der Waals surface area contributed by atoms with Crippen LogP contribution in [-0.4, -0.2) is 54.3 Å². The Bertz CT molecular complexity index is 702. The van der Waals surface area contributed by atoms with E-state index in [9.17, 15) is 13.2 Å². The summed E-state index contributed by atoms with van der Waals surface area (Å²) in [7, 11) is 0. The van der Waals surface area contributed by atoms with Crippen molar-refractivity contribution >= 4 is 16.7 Å². The predicted octanol–water partition coefficient (Wildman–Crippen LogP) is 3.17. The van der Waals surface area contributed by atoms with E-state index in [2.05, 4.69) is 20.2 Å². The summed E-state index contributed by atoms with van der Waals surface area (Å²) in [4.78, 5) is 9.64. The second-order valence-corrected chi connectivity index (χ2v) is 6.00. The number of hydrogen-bond acceptors (Lipinski definition) is 5. The van der Waals surface area contributed by atoms with Crippen molar-refractivity contribution in [3.8, 4) is 0 Å². The van der Waals surface area contributed by atoms with Crippen LogP contribution in [0.5, 0.6) is 0 Å². The van der Waals surface area contributed by atoms with E-state index in [0.29, 0.717) is 17.4 Å². The maximum Gasteiger partial charge on any atom is 0.451 e. The maximum atomic E-state index is 13.0. The average molecular weight is 354 g/mol. The topological polar surface area (TPSA) is 50.3 Å². The molecule has 1 aliphatic heterocycles. The molecule has 0 unspecified atom stereocenters. The molecule has 8 heteroatoms. The minimum Gasteiger partial charge on any atom is -0.379 e. The molecule has 3 rings (SSSR count). The van der Waals surface area contributed by atoms with Crippen LogP contribution < -0.4 is 5.32 Å². The lowest BCUT2D eigenvalue weighted by Crippen LogP contribution is -2.36. The van der Waals surface area contributed by atoms with E-state index in [1.54, 1.807) is 24.3 Å². The van der Waals surface area contributed by atoms with E-state index in [1.165, 1.54) is 0 Å². The monoisotopic (exact) mass is 354 g/mol. The fraction of sp³-hybridized carbons (Fsp3) is 0.529. The van der Waals surface area contributed by atoms with Crippen molar-refractivity contribution in [1.29, 1.82) is 0 Å². The van der Waals surface area contributed by atoms with Gasteiger partial charge in [-0.3, -0.25) is 4.90 Å². The Hall–Kier alpha value is -1.93. The molecule has 5 nitrogen and oxygen atoms in total. The fourth-order valence-corrected chi connectivity index (χ4v) is 2.83. The number of fused-ring (bicyclic) bond motifs is 1. The van der Waals surface area contributed by atoms with Gasteiger partial charge in [0.1, 0.15) is 5.82 Å². The van der Waals surface area contributed by atoms with Gasteiger partial charge in [-0.15, -0.1) is 0 Å². The summed E-state index contributed by atoms with van der Waals surface area (Å²) in [6, 6.07) is 6.73. The Kier molecular flexibility index (Phi) is 5.70. The first-order valence-corrected chi connectivity index (χ1v) is 8.42. The number of benzene rings is 1. The van der Waals surface area contributed by atoms with Crippen LogP contribution in [-0.2, 0) is 10.9 Å². The Morgan fingerprint density at radius 1 is 1.08 bits per heavy atom. The van der Waals surface area contributed by atoms with E-state index in [-0.39, 0.29) is 5.82 Å². The van der Waals surface area contributed by atoms with Crippen LogP contribution in [0.15, 0.2) is 24.3 Å². The van der Waals surface area contributed by atoms with Crippen molar-refractivity contribution < 1.29 is 17.9 Å². The first kappa shape index (κ1) is 17.9. The summed E-state index contributed by atoms with van der Waals surface area (Å²) in [5.74, 6) is -0.869. The number of ether oxygens (including phenoxy) is 1. The molecule has 1 aromatic heterocycles. The molecular weight excluding hydrogens is 333 g/mol. The van der Waals surface area contributed by atoms with Gasteiger partial charge in [0.2, 0.25) is 5.82 Å². The largest absolute Gasteiger partial charge is 0.451 e. The molecule has 0 radical (unpaired) electrons. The highest BCUT2D eigenvalue weighted by molar-refractivity contribution is 5.89. The molecule has 0 amide bonds. The number of hydrogen-bond donors (Lipinski definition) is 1. The summed E-state index contributed by atoms with van der Waals surface area (Å²) in [5, 5.41) is 3.64. The van der Waals surface area contributed by atoms with Crippen molar-refractivity contribution in [2.24, 2.45) is 0 Å². The van der Waals surface area contributed by atoms with Gasteiger partial charge in [0.05, 0.1) is 18.7 Å². The summed E-state index contributed by atoms with van der Waals surface area (Å²) in [6.07, 6.45) is -2.73. The third-order valence-electron chi connectivity index (χ3n) is 4.15. The Morgan fingerprint density at radius 3 is 2.60 bits per heavy atom. The SMILES string of the molecule is FC(F)(F)c1nc(NCCCCN2CCOCC2)c2ccccc2n1. The summed E-state index contributed by atoms with van der Waals surface area (Å²) >= 11 is 0. The zero-order valence-electron chi connectivity index (χ0n) is 13.9. The number of para-hydroxylation sites is 1. The van der Waals surface area contributed by atoms with E-state index in [0.717, 1.165) is 45.7 Å². The molecule has 1 saturated heterocycles. The highest BCUT2D eigenvalue weighted by Crippen LogP contribution is 2.30. The molecule has 1 aromatic carbocycles. The van der Waals surface area contributed by atoms with Crippen molar-refractivity contribution in [2.75, 3.05) is 44.7 Å². The quantitative estimate of drug-likeness (QED) is 0.808. The van der Waals surface area contributed by atoms with Gasteiger partial charge >= 0.3 is 6.18 Å². The predicted molar refractivity (Wildman–Crippen MR) is 89.5 cm³/mol. The lowest BCUT2D eigenvalue weighted by atomic mass is 10.2. The second-order valence-electron chi connectivity index (χ2n) is 6.00. The third-order valence-corrected chi connectivity index (χ3v) is 4.15. The van der Waals surface area contributed by atoms with E-state index < -0.39 is 12.0 Å². The average Bonchev–Trinajstić information content (AvgIpc) is 2.61. The van der Waals surface area contributed by atoms with Crippen LogP contribution in [0.3, 0.4) is 0 Å². The third kappa shape index (κ3) is 4.79. The minimum absolute atomic E-state index is 0.240. The number of alkyl halides is 3. The number of nitrogens with zero attached hydrogens (tertiary/aromatic N) is 3. The van der Waals surface area contributed by atoms with Gasteiger partial charge < -0.3 is 10.1 Å². The molecule has 0 bridgehead atoms. The van der Waals surface area contributed by atoms with Gasteiger partial charge in [-0.2, -0.15) is 13.2 Å². The van der Waals surface area contributed by atoms with E-state index in [4.69, 9.17) is 4.74 Å². The zero-order chi connectivity index (χ0) is 17.7. The van der Waals surface area contributed by atoms with Gasteiger partial charge in [0.25, 0.3) is 0 Å². The van der Waals surface area contributed by atoms with Crippen LogP contribution in [0, 0.1) is 0 Å². The lowest BCUT2D eigenvalue weighted by molar-refractivity contribution is -0.144. The highest BCUT2D eigenvalue weighted by Gasteiger charge is 2.35. The van der Waals surface area contributed by atoms with Crippen molar-refractivity contribution in [1.82, 2.24) is 14.9 Å². The molecule has 2 aromatic rings. The van der Waals surface area contributed by atoms with Crippen molar-refractivity contribution in [2.45, 2.75) is 19.0 Å². The maximum absolute atomic E-state index is 13.0. The van der Waals surface area contributed by atoms with Gasteiger partial charge in [-0.25, -0.2) is 9.97 Å². The van der Waals surface area contributed by atoms with E-state index >= 15 is 0 Å². The number of rotatable bonds is 6. The number of morpholine rings is 1. The molecular formula is C17H21F3N4O. The Morgan fingerprint density at radius 2 is 1.84 bits per heavy atom.